The molecule has 1 aromatic carbocycles. The van der Waals surface area contributed by atoms with Crippen LogP contribution in [0.4, 0.5) is 5.95 Å². The molecule has 0 saturated carbocycles. The van der Waals surface area contributed by atoms with Crippen LogP contribution in [0.15, 0.2) is 23.4 Å². The molecule has 2 aromatic rings. The first-order valence-corrected chi connectivity index (χ1v) is 10.9. The Balaban J connectivity index is 1.52. The molecule has 0 aliphatic carbocycles. The first kappa shape index (κ1) is 19.3. The molecular formula is C18H22Cl2N4O2S. The van der Waals surface area contributed by atoms with E-state index >= 15 is 0 Å². The molecule has 9 heteroatoms. The second-order valence-electron chi connectivity index (χ2n) is 6.66. The number of benzene rings is 1. The second-order valence-corrected chi connectivity index (χ2v) is 8.42. The number of thioether (sulfide) groups is 1. The lowest BCUT2D eigenvalue weighted by molar-refractivity contribution is 0.0942. The van der Waals surface area contributed by atoms with E-state index in [-0.39, 0.29) is 6.10 Å². The molecule has 6 nitrogen and oxygen atoms in total. The van der Waals surface area contributed by atoms with Gasteiger partial charge in [0.05, 0.1) is 35.9 Å². The summed E-state index contributed by atoms with van der Waals surface area (Å²) in [6.07, 6.45) is 2.42. The minimum absolute atomic E-state index is 0.227. The molecule has 4 rings (SSSR count). The minimum atomic E-state index is 0.227. The summed E-state index contributed by atoms with van der Waals surface area (Å²) < 4.78 is 13.5. The van der Waals surface area contributed by atoms with Crippen LogP contribution in [0.25, 0.3) is 0 Å². The number of hydrogen-bond donors (Lipinski definition) is 0. The highest BCUT2D eigenvalue weighted by molar-refractivity contribution is 7.98. The van der Waals surface area contributed by atoms with Crippen LogP contribution in [0.3, 0.4) is 0 Å². The van der Waals surface area contributed by atoms with Crippen molar-refractivity contribution in [3.05, 3.63) is 33.8 Å². The maximum Gasteiger partial charge on any atom is 0.228 e. The maximum atomic E-state index is 6.14. The number of halogens is 2. The average Bonchev–Trinajstić information content (AvgIpc) is 3.34. The highest BCUT2D eigenvalue weighted by atomic mass is 35.5. The molecule has 0 spiro atoms. The van der Waals surface area contributed by atoms with Gasteiger partial charge >= 0.3 is 0 Å². The van der Waals surface area contributed by atoms with Crippen LogP contribution in [0.1, 0.15) is 18.4 Å². The quantitative estimate of drug-likeness (QED) is 0.650. The molecular weight excluding hydrogens is 407 g/mol. The van der Waals surface area contributed by atoms with E-state index in [9.17, 15) is 0 Å². The highest BCUT2D eigenvalue weighted by Crippen LogP contribution is 2.30. The van der Waals surface area contributed by atoms with E-state index in [1.165, 1.54) is 0 Å². The summed E-state index contributed by atoms with van der Waals surface area (Å²) in [4.78, 5) is 2.24. The van der Waals surface area contributed by atoms with Crippen molar-refractivity contribution in [2.24, 2.45) is 0 Å². The SMILES string of the molecule is Clc1ccc(CSc2nnc(N3CCOCC3)n2CC2CCCO2)cc1Cl. The van der Waals surface area contributed by atoms with Gasteiger partial charge < -0.3 is 14.4 Å². The molecule has 0 N–H and O–H groups in total. The zero-order valence-electron chi connectivity index (χ0n) is 14.9. The topological polar surface area (TPSA) is 52.4 Å². The van der Waals surface area contributed by atoms with Crippen molar-refractivity contribution >= 4 is 40.9 Å². The van der Waals surface area contributed by atoms with Crippen LogP contribution in [0, 0.1) is 0 Å². The lowest BCUT2D eigenvalue weighted by atomic mass is 10.2. The van der Waals surface area contributed by atoms with Gasteiger partial charge in [-0.15, -0.1) is 10.2 Å². The van der Waals surface area contributed by atoms with E-state index in [0.717, 1.165) is 74.7 Å². The minimum Gasteiger partial charge on any atom is -0.378 e. The molecule has 27 heavy (non-hydrogen) atoms. The maximum absolute atomic E-state index is 6.14. The van der Waals surface area contributed by atoms with Gasteiger partial charge in [-0.25, -0.2) is 0 Å². The van der Waals surface area contributed by atoms with Crippen LogP contribution in [-0.2, 0) is 21.8 Å². The van der Waals surface area contributed by atoms with Crippen molar-refractivity contribution in [2.45, 2.75) is 36.4 Å². The summed E-state index contributed by atoms with van der Waals surface area (Å²) in [5, 5.41) is 11.0. The summed E-state index contributed by atoms with van der Waals surface area (Å²) in [5.74, 6) is 1.66. The van der Waals surface area contributed by atoms with Gasteiger partial charge in [-0.05, 0) is 30.5 Å². The Morgan fingerprint density at radius 1 is 1.11 bits per heavy atom. The Labute approximate surface area is 173 Å². The van der Waals surface area contributed by atoms with Crippen LogP contribution in [0.5, 0.6) is 0 Å². The average molecular weight is 429 g/mol. The van der Waals surface area contributed by atoms with Crippen molar-refractivity contribution in [3.8, 4) is 0 Å². The van der Waals surface area contributed by atoms with Crippen LogP contribution < -0.4 is 4.90 Å². The molecule has 2 saturated heterocycles. The number of ether oxygens (including phenoxy) is 2. The van der Waals surface area contributed by atoms with Gasteiger partial charge in [-0.1, -0.05) is 41.0 Å². The van der Waals surface area contributed by atoms with Crippen molar-refractivity contribution in [1.29, 1.82) is 0 Å². The second kappa shape index (κ2) is 9.01. The fraction of sp³-hybridized carbons (Fsp3) is 0.556. The van der Waals surface area contributed by atoms with E-state index < -0.39 is 0 Å². The summed E-state index contributed by atoms with van der Waals surface area (Å²) in [6, 6.07) is 5.72. The van der Waals surface area contributed by atoms with Gasteiger partial charge in [0.25, 0.3) is 0 Å². The molecule has 146 valence electrons. The van der Waals surface area contributed by atoms with Crippen molar-refractivity contribution in [1.82, 2.24) is 14.8 Å². The number of rotatable bonds is 6. The Morgan fingerprint density at radius 3 is 2.70 bits per heavy atom. The summed E-state index contributed by atoms with van der Waals surface area (Å²) in [6.45, 7) is 4.73. The Bertz CT molecular complexity index is 777. The van der Waals surface area contributed by atoms with Crippen molar-refractivity contribution in [2.75, 3.05) is 37.8 Å². The predicted molar refractivity (Wildman–Crippen MR) is 108 cm³/mol. The lowest BCUT2D eigenvalue weighted by Gasteiger charge is -2.28. The predicted octanol–water partition coefficient (Wildman–Crippen LogP) is 3.89. The first-order chi connectivity index (χ1) is 13.2. The lowest BCUT2D eigenvalue weighted by Crippen LogP contribution is -2.38. The normalized spacial score (nSPS) is 20.4. The number of anilines is 1. The molecule has 0 bridgehead atoms. The third-order valence-corrected chi connectivity index (χ3v) is 6.53. The largest absolute Gasteiger partial charge is 0.378 e. The molecule has 1 aromatic heterocycles. The fourth-order valence-corrected chi connectivity index (χ4v) is 4.52. The molecule has 0 radical (unpaired) electrons. The summed E-state index contributed by atoms with van der Waals surface area (Å²) in [5.41, 5.74) is 1.11. The standard InChI is InChI=1S/C18H22Cl2N4O2S/c19-15-4-3-13(10-16(15)20)12-27-18-22-21-17(23-5-8-25-9-6-23)24(18)11-14-2-1-7-26-14/h3-4,10,14H,1-2,5-9,11-12H2. The van der Waals surface area contributed by atoms with E-state index in [4.69, 9.17) is 32.7 Å². The first-order valence-electron chi connectivity index (χ1n) is 9.15. The van der Waals surface area contributed by atoms with Gasteiger partial charge in [0, 0.05) is 25.4 Å². The number of morpholine rings is 1. The van der Waals surface area contributed by atoms with E-state index in [0.29, 0.717) is 10.0 Å². The van der Waals surface area contributed by atoms with E-state index in [2.05, 4.69) is 19.7 Å². The van der Waals surface area contributed by atoms with Gasteiger partial charge in [-0.3, -0.25) is 4.57 Å². The van der Waals surface area contributed by atoms with Crippen LogP contribution in [0.2, 0.25) is 10.0 Å². The Morgan fingerprint density at radius 2 is 1.96 bits per heavy atom. The third kappa shape index (κ3) is 4.71. The highest BCUT2D eigenvalue weighted by Gasteiger charge is 2.24. The third-order valence-electron chi connectivity index (χ3n) is 4.75. The zero-order chi connectivity index (χ0) is 18.6. The smallest absolute Gasteiger partial charge is 0.228 e. The monoisotopic (exact) mass is 428 g/mol. The molecule has 2 aliphatic rings. The van der Waals surface area contributed by atoms with Crippen LogP contribution >= 0.6 is 35.0 Å². The molecule has 1 unspecified atom stereocenters. The van der Waals surface area contributed by atoms with E-state index in [1.807, 2.05) is 18.2 Å². The van der Waals surface area contributed by atoms with Crippen LogP contribution in [-0.4, -0.2) is 53.8 Å². The van der Waals surface area contributed by atoms with Crippen molar-refractivity contribution < 1.29 is 9.47 Å². The molecule has 3 heterocycles. The van der Waals surface area contributed by atoms with Gasteiger partial charge in [0.1, 0.15) is 0 Å². The molecule has 2 aliphatic heterocycles. The van der Waals surface area contributed by atoms with E-state index in [1.54, 1.807) is 11.8 Å². The van der Waals surface area contributed by atoms with Gasteiger partial charge in [-0.2, -0.15) is 0 Å². The Kier molecular flexibility index (Phi) is 6.45. The number of aromatic nitrogens is 3. The molecule has 0 amide bonds. The molecule has 2 fully saturated rings. The Hall–Kier alpha value is -0.990. The number of hydrogen-bond acceptors (Lipinski definition) is 6. The zero-order valence-corrected chi connectivity index (χ0v) is 17.3. The molecule has 1 atom stereocenters. The fourth-order valence-electron chi connectivity index (χ4n) is 3.31. The number of nitrogens with zero attached hydrogens (tertiary/aromatic N) is 4. The van der Waals surface area contributed by atoms with Gasteiger partial charge in [0.15, 0.2) is 5.16 Å². The summed E-state index contributed by atoms with van der Waals surface area (Å²) in [7, 11) is 0. The summed E-state index contributed by atoms with van der Waals surface area (Å²) >= 11 is 13.8. The van der Waals surface area contributed by atoms with Gasteiger partial charge in [0.2, 0.25) is 5.95 Å². The van der Waals surface area contributed by atoms with Crippen molar-refractivity contribution in [3.63, 3.8) is 0 Å².